The molecule has 1 aromatic rings. The highest BCUT2D eigenvalue weighted by Gasteiger charge is 2.01. The van der Waals surface area contributed by atoms with Crippen LogP contribution in [0.5, 0.6) is 0 Å². The van der Waals surface area contributed by atoms with Crippen molar-refractivity contribution in [1.29, 1.82) is 0 Å². The molecule has 0 aliphatic carbocycles. The van der Waals surface area contributed by atoms with Gasteiger partial charge in [-0.2, -0.15) is 0 Å². The molecular weight excluding hydrogens is 242 g/mol. The van der Waals surface area contributed by atoms with E-state index >= 15 is 0 Å². The lowest BCUT2D eigenvalue weighted by Gasteiger charge is -2.03. The fourth-order valence-electron chi connectivity index (χ4n) is 1.68. The molecule has 18 heavy (non-hydrogen) atoms. The van der Waals surface area contributed by atoms with E-state index in [1.54, 1.807) is 11.3 Å². The van der Waals surface area contributed by atoms with Crippen molar-refractivity contribution in [3.8, 4) is 11.8 Å². The third-order valence-corrected chi connectivity index (χ3v) is 3.59. The number of thiophene rings is 1. The maximum Gasteiger partial charge on any atom is 0.0821 e. The number of hydrogen-bond acceptors (Lipinski definition) is 3. The monoisotopic (exact) mass is 265 g/mol. The van der Waals surface area contributed by atoms with E-state index in [-0.39, 0.29) is 0 Å². The van der Waals surface area contributed by atoms with Crippen LogP contribution in [0.15, 0.2) is 11.4 Å². The van der Waals surface area contributed by atoms with Gasteiger partial charge in [0.05, 0.1) is 13.2 Å². The second kappa shape index (κ2) is 10.1. The van der Waals surface area contributed by atoms with Crippen LogP contribution >= 0.6 is 11.3 Å². The molecule has 0 amide bonds. The van der Waals surface area contributed by atoms with Gasteiger partial charge >= 0.3 is 0 Å². The van der Waals surface area contributed by atoms with Crippen LogP contribution < -0.4 is 5.73 Å². The summed E-state index contributed by atoms with van der Waals surface area (Å²) in [6.45, 7) is 4.18. The highest BCUT2D eigenvalue weighted by Crippen LogP contribution is 2.17. The van der Waals surface area contributed by atoms with Gasteiger partial charge in [-0.3, -0.25) is 0 Å². The van der Waals surface area contributed by atoms with E-state index in [9.17, 15) is 0 Å². The van der Waals surface area contributed by atoms with Gasteiger partial charge in [0.2, 0.25) is 0 Å². The Morgan fingerprint density at radius 3 is 2.89 bits per heavy atom. The first kappa shape index (κ1) is 15.2. The Balaban J connectivity index is 2.17. The van der Waals surface area contributed by atoms with E-state index in [1.807, 2.05) is 6.07 Å². The molecule has 3 heteroatoms. The van der Waals surface area contributed by atoms with E-state index in [4.69, 9.17) is 10.5 Å². The van der Waals surface area contributed by atoms with E-state index in [1.165, 1.54) is 30.6 Å². The molecule has 0 saturated heterocycles. The number of unbranched alkanes of at least 4 members (excludes halogenated alkanes) is 4. The highest BCUT2D eigenvalue weighted by molar-refractivity contribution is 7.10. The molecule has 0 radical (unpaired) electrons. The van der Waals surface area contributed by atoms with Crippen LogP contribution in [0, 0.1) is 11.8 Å². The molecule has 2 nitrogen and oxygen atoms in total. The van der Waals surface area contributed by atoms with Crippen LogP contribution in [-0.2, 0) is 11.3 Å². The summed E-state index contributed by atoms with van der Waals surface area (Å²) in [7, 11) is 0. The normalized spacial score (nSPS) is 10.1. The lowest BCUT2D eigenvalue weighted by molar-refractivity contribution is 0.118. The average Bonchev–Trinajstić information content (AvgIpc) is 2.83. The smallest absolute Gasteiger partial charge is 0.0821 e. The zero-order chi connectivity index (χ0) is 13.1. The topological polar surface area (TPSA) is 35.2 Å². The zero-order valence-electron chi connectivity index (χ0n) is 11.2. The zero-order valence-corrected chi connectivity index (χ0v) is 12.0. The van der Waals surface area contributed by atoms with Crippen molar-refractivity contribution in [2.75, 3.05) is 13.2 Å². The predicted molar refractivity (Wildman–Crippen MR) is 78.7 cm³/mol. The third-order valence-electron chi connectivity index (χ3n) is 2.70. The van der Waals surface area contributed by atoms with Crippen LogP contribution in [0.25, 0.3) is 0 Å². The Labute approximate surface area is 115 Å². The minimum absolute atomic E-state index is 0.410. The van der Waals surface area contributed by atoms with E-state index in [0.717, 1.165) is 18.6 Å². The Hall–Kier alpha value is -0.820. The van der Waals surface area contributed by atoms with Crippen molar-refractivity contribution in [2.24, 2.45) is 5.73 Å². The van der Waals surface area contributed by atoms with E-state index in [0.29, 0.717) is 13.2 Å². The molecule has 0 aromatic carbocycles. The minimum Gasteiger partial charge on any atom is -0.376 e. The van der Waals surface area contributed by atoms with Crippen molar-refractivity contribution < 1.29 is 4.74 Å². The van der Waals surface area contributed by atoms with Gasteiger partial charge in [0.1, 0.15) is 0 Å². The molecule has 0 bridgehead atoms. The van der Waals surface area contributed by atoms with Crippen LogP contribution in [0.4, 0.5) is 0 Å². The second-order valence-corrected chi connectivity index (χ2v) is 5.23. The lowest BCUT2D eigenvalue weighted by Crippen LogP contribution is -1.96. The molecule has 0 atom stereocenters. The van der Waals surface area contributed by atoms with Gasteiger partial charge in [-0.25, -0.2) is 0 Å². The summed E-state index contributed by atoms with van der Waals surface area (Å²) >= 11 is 1.70. The summed E-state index contributed by atoms with van der Waals surface area (Å²) in [5.74, 6) is 5.96. The summed E-state index contributed by atoms with van der Waals surface area (Å²) in [4.78, 5) is 1.21. The van der Waals surface area contributed by atoms with Gasteiger partial charge < -0.3 is 10.5 Å². The molecule has 1 aromatic heterocycles. The van der Waals surface area contributed by atoms with Crippen LogP contribution in [0.1, 0.15) is 49.5 Å². The molecule has 100 valence electrons. The summed E-state index contributed by atoms with van der Waals surface area (Å²) in [6.07, 6.45) is 6.39. The Morgan fingerprint density at radius 1 is 1.28 bits per heavy atom. The first-order valence-corrected chi connectivity index (χ1v) is 7.59. The first-order chi connectivity index (χ1) is 8.88. The number of hydrogen-bond donors (Lipinski definition) is 1. The van der Waals surface area contributed by atoms with Gasteiger partial charge in [-0.15, -0.1) is 11.3 Å². The van der Waals surface area contributed by atoms with Gasteiger partial charge in [0.25, 0.3) is 0 Å². The van der Waals surface area contributed by atoms with Gasteiger partial charge in [-0.1, -0.05) is 44.4 Å². The molecule has 0 aliphatic rings. The second-order valence-electron chi connectivity index (χ2n) is 4.23. The molecule has 0 aliphatic heterocycles. The van der Waals surface area contributed by atoms with Crippen molar-refractivity contribution >= 4 is 11.3 Å². The fourth-order valence-corrected chi connectivity index (χ4v) is 2.45. The SMILES string of the molecule is CCCCCCCOCc1sccc1C#CCN. The maximum absolute atomic E-state index is 5.69. The molecule has 0 unspecified atom stereocenters. The maximum atomic E-state index is 5.69. The lowest BCUT2D eigenvalue weighted by atomic mass is 10.2. The van der Waals surface area contributed by atoms with Gasteiger partial charge in [0.15, 0.2) is 0 Å². The van der Waals surface area contributed by atoms with Gasteiger partial charge in [0, 0.05) is 17.0 Å². The van der Waals surface area contributed by atoms with E-state index < -0.39 is 0 Å². The Morgan fingerprint density at radius 2 is 2.11 bits per heavy atom. The molecule has 0 fully saturated rings. The van der Waals surface area contributed by atoms with Crippen molar-refractivity contribution in [3.05, 3.63) is 21.9 Å². The summed E-state index contributed by atoms with van der Waals surface area (Å²) < 4.78 is 5.69. The number of ether oxygens (including phenoxy) is 1. The summed E-state index contributed by atoms with van der Waals surface area (Å²) in [6, 6.07) is 2.03. The molecule has 0 spiro atoms. The largest absolute Gasteiger partial charge is 0.376 e. The van der Waals surface area contributed by atoms with Crippen LogP contribution in [-0.4, -0.2) is 13.2 Å². The summed E-state index contributed by atoms with van der Waals surface area (Å²) in [5.41, 5.74) is 6.44. The van der Waals surface area contributed by atoms with Crippen LogP contribution in [0.2, 0.25) is 0 Å². The van der Waals surface area contributed by atoms with Crippen molar-refractivity contribution in [1.82, 2.24) is 0 Å². The van der Waals surface area contributed by atoms with E-state index in [2.05, 4.69) is 24.1 Å². The van der Waals surface area contributed by atoms with Gasteiger partial charge in [-0.05, 0) is 17.9 Å². The Kier molecular flexibility index (Phi) is 8.58. The quantitative estimate of drug-likeness (QED) is 0.576. The third kappa shape index (κ3) is 6.20. The minimum atomic E-state index is 0.410. The molecule has 1 heterocycles. The van der Waals surface area contributed by atoms with Crippen LogP contribution in [0.3, 0.4) is 0 Å². The predicted octanol–water partition coefficient (Wildman–Crippen LogP) is 3.55. The Bertz CT molecular complexity index is 375. The first-order valence-electron chi connectivity index (χ1n) is 6.71. The molecular formula is C15H23NOS. The molecule has 0 saturated carbocycles. The molecule has 2 N–H and O–H groups in total. The highest BCUT2D eigenvalue weighted by atomic mass is 32.1. The molecule has 1 rings (SSSR count). The fraction of sp³-hybridized carbons (Fsp3) is 0.600. The standard InChI is InChI=1S/C15H23NOS/c1-2-3-4-5-6-11-17-13-15-14(8-7-10-16)9-12-18-15/h9,12H,2-6,10-11,13,16H2,1H3. The van der Waals surface area contributed by atoms with Crippen molar-refractivity contribution in [3.63, 3.8) is 0 Å². The summed E-state index contributed by atoms with van der Waals surface area (Å²) in [5, 5.41) is 2.06. The van der Waals surface area contributed by atoms with Crippen molar-refractivity contribution in [2.45, 2.75) is 45.6 Å². The average molecular weight is 265 g/mol. The number of rotatable bonds is 8. The number of nitrogens with two attached hydrogens (primary N) is 1.